The zero-order valence-electron chi connectivity index (χ0n) is 11.5. The van der Waals surface area contributed by atoms with E-state index in [4.69, 9.17) is 9.47 Å². The van der Waals surface area contributed by atoms with Crippen molar-refractivity contribution in [2.24, 2.45) is 4.40 Å². The number of hydrogen-bond donors (Lipinski definition) is 1. The maximum atomic E-state index is 11.9. The number of hydrogen-bond acceptors (Lipinski definition) is 6. The minimum atomic E-state index is -3.54. The number of rotatable bonds is 3. The molecule has 7 nitrogen and oxygen atoms in total. The lowest BCUT2D eigenvalue weighted by Gasteiger charge is -1.98. The topological polar surface area (TPSA) is 94.1 Å². The molecule has 0 bridgehead atoms. The molecule has 0 aliphatic carbocycles. The van der Waals surface area contributed by atoms with Crippen molar-refractivity contribution in [2.45, 2.75) is 6.92 Å². The minimum Gasteiger partial charge on any atom is -0.454 e. The molecule has 2 aliphatic heterocycles. The van der Waals surface area contributed by atoms with Gasteiger partial charge in [-0.05, 0) is 42.5 Å². The van der Waals surface area contributed by atoms with Crippen molar-refractivity contribution in [1.82, 2.24) is 5.32 Å². The molecule has 9 heteroatoms. The van der Waals surface area contributed by atoms with Gasteiger partial charge in [0.15, 0.2) is 16.7 Å². The largest absolute Gasteiger partial charge is 0.454 e. The Hall–Kier alpha value is -2.00. The Kier molecular flexibility index (Phi) is 3.83. The number of ether oxygens (including phenoxy) is 2. The van der Waals surface area contributed by atoms with Crippen LogP contribution in [0.25, 0.3) is 6.08 Å². The Morgan fingerprint density at radius 1 is 1.36 bits per heavy atom. The summed E-state index contributed by atoms with van der Waals surface area (Å²) in [6.45, 7) is 1.67. The molecule has 22 heavy (non-hydrogen) atoms. The summed E-state index contributed by atoms with van der Waals surface area (Å²) in [6, 6.07) is 5.29. The highest BCUT2D eigenvalue weighted by Crippen LogP contribution is 2.34. The van der Waals surface area contributed by atoms with Crippen LogP contribution in [0.2, 0.25) is 0 Å². The number of nitrogens with one attached hydrogen (secondary N) is 1. The van der Waals surface area contributed by atoms with Crippen molar-refractivity contribution < 1.29 is 22.7 Å². The summed E-state index contributed by atoms with van der Waals surface area (Å²) in [6.07, 6.45) is 1.64. The molecule has 0 spiro atoms. The Bertz CT molecular complexity index is 799. The van der Waals surface area contributed by atoms with Crippen molar-refractivity contribution in [3.63, 3.8) is 0 Å². The molecule has 1 fully saturated rings. The quantitative estimate of drug-likeness (QED) is 0.834. The Morgan fingerprint density at radius 3 is 2.91 bits per heavy atom. The number of thioether (sulfide) groups is 1. The van der Waals surface area contributed by atoms with Crippen LogP contribution in [0.3, 0.4) is 0 Å². The summed E-state index contributed by atoms with van der Waals surface area (Å²) in [4.78, 5) is 12.2. The van der Waals surface area contributed by atoms with Gasteiger partial charge in [0.2, 0.25) is 6.79 Å². The van der Waals surface area contributed by atoms with Crippen LogP contribution in [0.4, 0.5) is 0 Å². The summed E-state index contributed by atoms with van der Waals surface area (Å²) >= 11 is 0.988. The molecule has 0 atom stereocenters. The number of benzene rings is 1. The van der Waals surface area contributed by atoms with Crippen LogP contribution in [0, 0.1) is 0 Å². The Morgan fingerprint density at radius 2 is 2.14 bits per heavy atom. The first-order chi connectivity index (χ1) is 10.5. The fourth-order valence-electron chi connectivity index (χ4n) is 1.82. The SMILES string of the molecule is CCS(=O)(=O)/N=C1\NC(=O)/C(=C\c2ccc3c(c2)OCO3)S1. The van der Waals surface area contributed by atoms with Gasteiger partial charge < -0.3 is 9.47 Å². The predicted molar refractivity (Wildman–Crippen MR) is 83.2 cm³/mol. The van der Waals surface area contributed by atoms with Gasteiger partial charge in [-0.15, -0.1) is 4.40 Å². The molecule has 116 valence electrons. The van der Waals surface area contributed by atoms with Crippen LogP contribution in [0.1, 0.15) is 12.5 Å². The second-order valence-corrected chi connectivity index (χ2v) is 7.40. The van der Waals surface area contributed by atoms with Crippen LogP contribution in [0.5, 0.6) is 11.5 Å². The van der Waals surface area contributed by atoms with E-state index >= 15 is 0 Å². The highest BCUT2D eigenvalue weighted by molar-refractivity contribution is 8.19. The number of carbonyl (C=O) groups excluding carboxylic acids is 1. The third-order valence-corrected chi connectivity index (χ3v) is 5.15. The number of amides is 1. The van der Waals surface area contributed by atoms with Crippen LogP contribution in [0.15, 0.2) is 27.5 Å². The molecular formula is C13H12N2O5S2. The highest BCUT2D eigenvalue weighted by Gasteiger charge is 2.25. The van der Waals surface area contributed by atoms with E-state index in [9.17, 15) is 13.2 Å². The maximum absolute atomic E-state index is 11.9. The first-order valence-electron chi connectivity index (χ1n) is 6.40. The standard InChI is InChI=1S/C13H12N2O5S2/c1-2-22(17,18)15-13-14-12(16)11(21-13)6-8-3-4-9-10(5-8)20-7-19-9/h3-6H,2,7H2,1H3,(H,14,15,16)/b11-6+. The van der Waals surface area contributed by atoms with Crippen molar-refractivity contribution >= 4 is 38.9 Å². The van der Waals surface area contributed by atoms with Gasteiger partial charge in [-0.25, -0.2) is 8.42 Å². The Balaban J connectivity index is 1.85. The number of sulfonamides is 1. The number of fused-ring (bicyclic) bond motifs is 1. The van der Waals surface area contributed by atoms with Gasteiger partial charge in [0.1, 0.15) is 0 Å². The lowest BCUT2D eigenvalue weighted by Crippen LogP contribution is -2.21. The number of amidine groups is 1. The first kappa shape index (κ1) is 14.9. The fraction of sp³-hybridized carbons (Fsp3) is 0.231. The smallest absolute Gasteiger partial charge is 0.264 e. The zero-order valence-corrected chi connectivity index (χ0v) is 13.2. The molecule has 1 aromatic rings. The van der Waals surface area contributed by atoms with Gasteiger partial charge in [0, 0.05) is 0 Å². The van der Waals surface area contributed by atoms with Crippen molar-refractivity contribution in [3.05, 3.63) is 28.7 Å². The predicted octanol–water partition coefficient (Wildman–Crippen LogP) is 1.32. The second-order valence-electron chi connectivity index (χ2n) is 4.44. The van der Waals surface area contributed by atoms with E-state index in [-0.39, 0.29) is 23.6 Å². The van der Waals surface area contributed by atoms with Gasteiger partial charge in [-0.3, -0.25) is 10.1 Å². The van der Waals surface area contributed by atoms with E-state index in [1.807, 2.05) is 0 Å². The summed E-state index contributed by atoms with van der Waals surface area (Å²) < 4.78 is 37.0. The molecule has 2 heterocycles. The Labute approximate surface area is 131 Å². The van der Waals surface area contributed by atoms with E-state index in [0.29, 0.717) is 16.4 Å². The van der Waals surface area contributed by atoms with Gasteiger partial charge >= 0.3 is 0 Å². The van der Waals surface area contributed by atoms with Crippen molar-refractivity contribution in [2.75, 3.05) is 12.5 Å². The molecule has 2 aliphatic rings. The van der Waals surface area contributed by atoms with Gasteiger partial charge in [-0.2, -0.15) is 0 Å². The van der Waals surface area contributed by atoms with E-state index in [2.05, 4.69) is 9.71 Å². The average molecular weight is 340 g/mol. The molecule has 0 aromatic heterocycles. The molecule has 1 aromatic carbocycles. The summed E-state index contributed by atoms with van der Waals surface area (Å²) in [5.41, 5.74) is 0.751. The minimum absolute atomic E-state index is 0.0684. The third-order valence-electron chi connectivity index (χ3n) is 2.93. The molecule has 1 amide bonds. The zero-order chi connectivity index (χ0) is 15.7. The van der Waals surface area contributed by atoms with E-state index in [1.165, 1.54) is 6.92 Å². The lowest BCUT2D eigenvalue weighted by atomic mass is 10.2. The molecule has 1 saturated heterocycles. The number of nitrogens with zero attached hydrogens (tertiary/aromatic N) is 1. The average Bonchev–Trinajstić information content (AvgIpc) is 3.05. The van der Waals surface area contributed by atoms with Crippen LogP contribution < -0.4 is 14.8 Å². The van der Waals surface area contributed by atoms with E-state index < -0.39 is 10.0 Å². The molecule has 3 rings (SSSR count). The lowest BCUT2D eigenvalue weighted by molar-refractivity contribution is -0.115. The van der Waals surface area contributed by atoms with Gasteiger partial charge in [0.25, 0.3) is 15.9 Å². The number of carbonyl (C=O) groups is 1. The van der Waals surface area contributed by atoms with Crippen LogP contribution in [-0.2, 0) is 14.8 Å². The van der Waals surface area contributed by atoms with Gasteiger partial charge in [-0.1, -0.05) is 6.07 Å². The normalized spacial score (nSPS) is 20.7. The molecule has 0 unspecified atom stereocenters. The summed E-state index contributed by atoms with van der Waals surface area (Å²) in [7, 11) is -3.54. The highest BCUT2D eigenvalue weighted by atomic mass is 32.2. The van der Waals surface area contributed by atoms with Crippen LogP contribution in [-0.4, -0.2) is 32.0 Å². The monoisotopic (exact) mass is 340 g/mol. The van der Waals surface area contributed by atoms with Crippen molar-refractivity contribution in [1.29, 1.82) is 0 Å². The first-order valence-corrected chi connectivity index (χ1v) is 8.82. The molecule has 0 saturated carbocycles. The van der Waals surface area contributed by atoms with E-state index in [0.717, 1.165) is 17.3 Å². The van der Waals surface area contributed by atoms with E-state index in [1.54, 1.807) is 24.3 Å². The second kappa shape index (κ2) is 5.65. The van der Waals surface area contributed by atoms with Crippen molar-refractivity contribution in [3.8, 4) is 11.5 Å². The molecular weight excluding hydrogens is 328 g/mol. The maximum Gasteiger partial charge on any atom is 0.264 e. The van der Waals surface area contributed by atoms with Crippen LogP contribution >= 0.6 is 11.8 Å². The molecule has 1 N–H and O–H groups in total. The summed E-state index contributed by atoms with van der Waals surface area (Å²) in [5.74, 6) is 0.767. The van der Waals surface area contributed by atoms with Gasteiger partial charge in [0.05, 0.1) is 10.7 Å². The summed E-state index contributed by atoms with van der Waals surface area (Å²) in [5, 5.41) is 2.51. The third kappa shape index (κ3) is 3.09. The fourth-order valence-corrected chi connectivity index (χ4v) is 3.42. The molecule has 0 radical (unpaired) electrons.